The van der Waals surface area contributed by atoms with Gasteiger partial charge in [-0.05, 0) is 45.0 Å². The molecule has 1 fully saturated rings. The van der Waals surface area contributed by atoms with Crippen molar-refractivity contribution in [3.63, 3.8) is 0 Å². The number of nitrogens with zero attached hydrogens (tertiary/aromatic N) is 2. The number of rotatable bonds is 5. The zero-order valence-corrected chi connectivity index (χ0v) is 10.5. The summed E-state index contributed by atoms with van der Waals surface area (Å²) in [6.07, 6.45) is 9.90. The fourth-order valence-electron chi connectivity index (χ4n) is 2.08. The first-order valence-corrected chi connectivity index (χ1v) is 5.90. The van der Waals surface area contributed by atoms with Crippen LogP contribution in [0, 0.1) is 0 Å². The maximum Gasteiger partial charge on any atom is 0.391 e. The first-order chi connectivity index (χ1) is 8.15. The van der Waals surface area contributed by atoms with E-state index >= 15 is 0 Å². The molecule has 17 heavy (non-hydrogen) atoms. The third-order valence-corrected chi connectivity index (χ3v) is 2.95. The lowest BCUT2D eigenvalue weighted by Crippen LogP contribution is -2.26. The molecule has 92 valence electrons. The van der Waals surface area contributed by atoms with Gasteiger partial charge in [0.1, 0.15) is 0 Å². The van der Waals surface area contributed by atoms with Crippen molar-refractivity contribution in [2.24, 2.45) is 4.90 Å². The van der Waals surface area contributed by atoms with Crippen molar-refractivity contribution in [2.75, 3.05) is 13.6 Å². The molecule has 4 nitrogen and oxygen atoms in total. The predicted octanol–water partition coefficient (Wildman–Crippen LogP) is 1.68. The summed E-state index contributed by atoms with van der Waals surface area (Å²) in [5, 5.41) is 8.42. The van der Waals surface area contributed by atoms with E-state index in [9.17, 15) is 4.79 Å². The van der Waals surface area contributed by atoms with Crippen LogP contribution in [0.4, 0.5) is 4.79 Å². The molecule has 0 unspecified atom stereocenters. The lowest BCUT2D eigenvalue weighted by atomic mass is 9.98. The topological polar surface area (TPSA) is 52.9 Å². The van der Waals surface area contributed by atoms with Crippen molar-refractivity contribution < 1.29 is 9.90 Å². The van der Waals surface area contributed by atoms with Gasteiger partial charge in [0.2, 0.25) is 0 Å². The molecule has 0 bridgehead atoms. The molecule has 0 aromatic carbocycles. The van der Waals surface area contributed by atoms with E-state index in [0.717, 1.165) is 6.54 Å². The zero-order valence-electron chi connectivity index (χ0n) is 10.5. The van der Waals surface area contributed by atoms with Crippen LogP contribution in [0.1, 0.15) is 19.8 Å². The van der Waals surface area contributed by atoms with E-state index in [0.29, 0.717) is 6.04 Å². The molecule has 1 atom stereocenters. The Bertz CT molecular complexity index is 350. The Labute approximate surface area is 103 Å². The van der Waals surface area contributed by atoms with E-state index in [1.807, 2.05) is 19.1 Å². The molecule has 0 aromatic rings. The Balaban J connectivity index is 2.50. The lowest BCUT2D eigenvalue weighted by Gasteiger charge is -2.20. The van der Waals surface area contributed by atoms with Gasteiger partial charge < -0.3 is 10.0 Å². The van der Waals surface area contributed by atoms with Crippen LogP contribution < -0.4 is 0 Å². The molecule has 0 aliphatic carbocycles. The average Bonchev–Trinajstić information content (AvgIpc) is 2.70. The standard InChI is InChI=1S/C12H19BN2O2/c1-3-10(11-7-5-9-15(11)2)6-4-8-14-13-12(16)17/h3-4,6,8,11,13H,5,7,9H2,1-2H3,(H,16,17)/b6-4-,10-3+,14-8+/t11-/m0/s1. The number of carboxylic acid groups (broad SMARTS) is 1. The first kappa shape index (κ1) is 13.7. The number of hydrogen-bond acceptors (Lipinski definition) is 3. The Morgan fingerprint density at radius 3 is 2.88 bits per heavy atom. The van der Waals surface area contributed by atoms with Crippen LogP contribution >= 0.6 is 0 Å². The summed E-state index contributed by atoms with van der Waals surface area (Å²) in [6.45, 7) is 3.17. The van der Waals surface area contributed by atoms with Crippen LogP contribution in [0.2, 0.25) is 0 Å². The van der Waals surface area contributed by atoms with E-state index in [1.165, 1.54) is 18.4 Å². The fourth-order valence-corrected chi connectivity index (χ4v) is 2.08. The van der Waals surface area contributed by atoms with Crippen molar-refractivity contribution in [1.29, 1.82) is 0 Å². The molecule has 1 aliphatic heterocycles. The second-order valence-corrected chi connectivity index (χ2v) is 4.17. The van der Waals surface area contributed by atoms with Gasteiger partial charge in [-0.25, -0.2) is 0 Å². The minimum absolute atomic E-state index is 0.168. The van der Waals surface area contributed by atoms with Crippen molar-refractivity contribution in [2.45, 2.75) is 25.8 Å². The zero-order chi connectivity index (χ0) is 12.7. The number of allylic oxidation sites excluding steroid dienone is 2. The van der Waals surface area contributed by atoms with E-state index in [1.54, 1.807) is 6.21 Å². The fraction of sp³-hybridized carbons (Fsp3) is 0.500. The van der Waals surface area contributed by atoms with Crippen LogP contribution in [0.25, 0.3) is 0 Å². The van der Waals surface area contributed by atoms with E-state index in [4.69, 9.17) is 5.11 Å². The summed E-state index contributed by atoms with van der Waals surface area (Å²) >= 11 is 0. The molecule has 1 N–H and O–H groups in total. The summed E-state index contributed by atoms with van der Waals surface area (Å²) < 4.78 is 0. The van der Waals surface area contributed by atoms with Crippen LogP contribution in [0.5, 0.6) is 0 Å². The molecule has 1 heterocycles. The van der Waals surface area contributed by atoms with Crippen molar-refractivity contribution >= 4 is 19.5 Å². The summed E-state index contributed by atoms with van der Waals surface area (Å²) in [4.78, 5) is 16.4. The van der Waals surface area contributed by atoms with Crippen molar-refractivity contribution in [1.82, 2.24) is 4.90 Å². The molecular weight excluding hydrogens is 215 g/mol. The number of carbonyl (C=O) groups is 1. The highest BCUT2D eigenvalue weighted by Crippen LogP contribution is 2.22. The predicted molar refractivity (Wildman–Crippen MR) is 72.2 cm³/mol. The van der Waals surface area contributed by atoms with Gasteiger partial charge in [-0.3, -0.25) is 9.69 Å². The Morgan fingerprint density at radius 1 is 1.59 bits per heavy atom. The molecule has 0 radical (unpaired) electrons. The summed E-state index contributed by atoms with van der Waals surface area (Å²) in [5.41, 5.74) is 1.27. The monoisotopic (exact) mass is 234 g/mol. The highest BCUT2D eigenvalue weighted by Gasteiger charge is 2.22. The Hall–Kier alpha value is -1.36. The SMILES string of the molecule is C\C=C(/C=C\C=N\BC(=O)O)[C@@H]1CCCN1C. The van der Waals surface area contributed by atoms with Gasteiger partial charge in [0, 0.05) is 12.3 Å². The van der Waals surface area contributed by atoms with Crippen molar-refractivity contribution in [3.05, 3.63) is 23.8 Å². The molecule has 1 saturated heterocycles. The highest BCUT2D eigenvalue weighted by molar-refractivity contribution is 6.70. The van der Waals surface area contributed by atoms with E-state index < -0.39 is 5.87 Å². The van der Waals surface area contributed by atoms with Gasteiger partial charge in [-0.15, -0.1) is 0 Å². The molecule has 0 amide bonds. The summed E-state index contributed by atoms with van der Waals surface area (Å²) in [6, 6.07) is 0.490. The summed E-state index contributed by atoms with van der Waals surface area (Å²) in [5.74, 6) is -0.906. The quantitative estimate of drug-likeness (QED) is 0.447. The van der Waals surface area contributed by atoms with Gasteiger partial charge in [-0.1, -0.05) is 12.2 Å². The minimum Gasteiger partial charge on any atom is -0.488 e. The lowest BCUT2D eigenvalue weighted by molar-refractivity contribution is 0.220. The third kappa shape index (κ3) is 4.57. The second kappa shape index (κ2) is 7.07. The molecule has 1 aliphatic rings. The number of hydrogen-bond donors (Lipinski definition) is 1. The van der Waals surface area contributed by atoms with Gasteiger partial charge in [0.15, 0.2) is 0 Å². The molecule has 0 aromatic heterocycles. The first-order valence-electron chi connectivity index (χ1n) is 5.90. The van der Waals surface area contributed by atoms with Crippen LogP contribution in [0.3, 0.4) is 0 Å². The highest BCUT2D eigenvalue weighted by atomic mass is 16.4. The van der Waals surface area contributed by atoms with E-state index in [2.05, 4.69) is 22.9 Å². The van der Waals surface area contributed by atoms with Gasteiger partial charge >= 0.3 is 7.41 Å². The maximum absolute atomic E-state index is 10.2. The molecular formula is C12H19BN2O2. The van der Waals surface area contributed by atoms with Gasteiger partial charge in [-0.2, -0.15) is 0 Å². The smallest absolute Gasteiger partial charge is 0.391 e. The third-order valence-electron chi connectivity index (χ3n) is 2.95. The van der Waals surface area contributed by atoms with Crippen molar-refractivity contribution in [3.8, 4) is 0 Å². The molecule has 1 rings (SSSR count). The molecule has 0 spiro atoms. The maximum atomic E-state index is 10.2. The number of likely N-dealkylation sites (N-methyl/N-ethyl adjacent to an activating group) is 1. The van der Waals surface area contributed by atoms with Crippen LogP contribution in [0.15, 0.2) is 28.7 Å². The summed E-state index contributed by atoms with van der Waals surface area (Å²) in [7, 11) is 1.96. The largest absolute Gasteiger partial charge is 0.488 e. The Kier molecular flexibility index (Phi) is 5.70. The van der Waals surface area contributed by atoms with Gasteiger partial charge in [0.05, 0.1) is 0 Å². The van der Waals surface area contributed by atoms with Gasteiger partial charge in [0.25, 0.3) is 5.87 Å². The normalized spacial score (nSPS) is 22.7. The molecule has 5 heteroatoms. The number of likely N-dealkylation sites (tertiary alicyclic amines) is 1. The molecule has 0 saturated carbocycles. The van der Waals surface area contributed by atoms with E-state index in [-0.39, 0.29) is 7.41 Å². The second-order valence-electron chi connectivity index (χ2n) is 4.17. The van der Waals surface area contributed by atoms with Crippen LogP contribution in [-0.2, 0) is 0 Å². The van der Waals surface area contributed by atoms with Crippen LogP contribution in [-0.4, -0.2) is 49.1 Å². The Morgan fingerprint density at radius 2 is 2.35 bits per heavy atom. The average molecular weight is 234 g/mol. The minimum atomic E-state index is -0.906.